The number of benzene rings is 2. The van der Waals surface area contributed by atoms with Gasteiger partial charge >= 0.3 is 0 Å². The highest BCUT2D eigenvalue weighted by Crippen LogP contribution is 2.28. The molecular weight excluding hydrogens is 438 g/mol. The highest BCUT2D eigenvalue weighted by molar-refractivity contribution is 7.89. The molecule has 0 aliphatic carbocycles. The molecule has 0 fully saturated rings. The third kappa shape index (κ3) is 7.60. The van der Waals surface area contributed by atoms with Crippen LogP contribution in [0.15, 0.2) is 46.9 Å². The minimum atomic E-state index is -3.55. The van der Waals surface area contributed by atoms with Gasteiger partial charge in [0.05, 0.1) is 17.9 Å². The normalized spacial score (nSPS) is 14.3. The van der Waals surface area contributed by atoms with E-state index in [1.807, 2.05) is 0 Å². The lowest BCUT2D eigenvalue weighted by Gasteiger charge is -2.18. The van der Waals surface area contributed by atoms with Gasteiger partial charge in [-0.15, -0.1) is 4.40 Å². The number of fused-ring (bicyclic) bond motifs is 1. The van der Waals surface area contributed by atoms with Crippen molar-refractivity contribution in [2.45, 2.75) is 64.2 Å². The van der Waals surface area contributed by atoms with E-state index in [2.05, 4.69) is 40.9 Å². The molecule has 2 aromatic carbocycles. The van der Waals surface area contributed by atoms with Gasteiger partial charge in [0.2, 0.25) is 5.91 Å². The van der Waals surface area contributed by atoms with Crippen molar-refractivity contribution < 1.29 is 17.9 Å². The van der Waals surface area contributed by atoms with Crippen molar-refractivity contribution in [1.82, 2.24) is 5.32 Å². The summed E-state index contributed by atoms with van der Waals surface area (Å²) in [5.41, 5.74) is 9.48. The quantitative estimate of drug-likeness (QED) is 0.457. The average Bonchev–Trinajstić information content (AvgIpc) is 2.78. The van der Waals surface area contributed by atoms with Crippen LogP contribution in [0.2, 0.25) is 0 Å². The minimum Gasteiger partial charge on any atom is -0.493 e. The van der Waals surface area contributed by atoms with E-state index in [4.69, 9.17) is 10.5 Å². The van der Waals surface area contributed by atoms with E-state index in [9.17, 15) is 13.2 Å². The number of rotatable bonds is 12. The molecule has 0 bridgehead atoms. The fourth-order valence-electron chi connectivity index (χ4n) is 3.81. The van der Waals surface area contributed by atoms with Crippen LogP contribution in [0, 0.1) is 0 Å². The van der Waals surface area contributed by atoms with Gasteiger partial charge in [-0.25, -0.2) is 8.42 Å². The lowest BCUT2D eigenvalue weighted by atomic mass is 10.1. The SMILES string of the molecule is CCc1ccc(CNC(=O)CCCCCCCOc2cccc3c2C(N)=NS(=O)(=O)C3)cc1. The van der Waals surface area contributed by atoms with Gasteiger partial charge < -0.3 is 15.8 Å². The third-order valence-electron chi connectivity index (χ3n) is 5.67. The standard InChI is InChI=1S/C25H33N3O4S/c1-2-19-12-14-20(15-13-19)17-27-23(29)11-6-4-3-5-7-16-32-22-10-8-9-21-18-33(30,31)28-25(26)24(21)22/h8-10,12-15H,2-7,11,16-18H2,1H3,(H2,26,28)(H,27,29). The summed E-state index contributed by atoms with van der Waals surface area (Å²) in [4.78, 5) is 12.0. The Morgan fingerprint density at radius 1 is 1.03 bits per heavy atom. The van der Waals surface area contributed by atoms with Crippen LogP contribution in [0.5, 0.6) is 5.75 Å². The molecule has 178 valence electrons. The maximum atomic E-state index is 12.0. The van der Waals surface area contributed by atoms with Gasteiger partial charge in [-0.1, -0.05) is 62.6 Å². The molecule has 0 saturated heterocycles. The molecule has 1 aliphatic heterocycles. The van der Waals surface area contributed by atoms with Crippen LogP contribution in [-0.2, 0) is 33.5 Å². The van der Waals surface area contributed by atoms with Gasteiger partial charge in [0.25, 0.3) is 10.0 Å². The monoisotopic (exact) mass is 471 g/mol. The van der Waals surface area contributed by atoms with Crippen LogP contribution >= 0.6 is 0 Å². The third-order valence-corrected chi connectivity index (χ3v) is 6.82. The van der Waals surface area contributed by atoms with Crippen LogP contribution in [-0.4, -0.2) is 26.8 Å². The number of hydrogen-bond acceptors (Lipinski definition) is 5. The molecule has 0 spiro atoms. The Bertz CT molecular complexity index is 1080. The topological polar surface area (TPSA) is 111 Å². The smallest absolute Gasteiger partial charge is 0.259 e. The first-order valence-corrected chi connectivity index (χ1v) is 13.2. The number of sulfonamides is 1. The Balaban J connectivity index is 1.28. The van der Waals surface area contributed by atoms with Crippen LogP contribution < -0.4 is 15.8 Å². The van der Waals surface area contributed by atoms with E-state index in [0.29, 0.717) is 36.4 Å². The summed E-state index contributed by atoms with van der Waals surface area (Å²) in [6.07, 6.45) is 6.33. The number of aryl methyl sites for hydroxylation is 1. The first kappa shape index (κ1) is 24.8. The Morgan fingerprint density at radius 2 is 1.73 bits per heavy atom. The Kier molecular flexibility index (Phi) is 8.88. The highest BCUT2D eigenvalue weighted by Gasteiger charge is 2.25. The van der Waals surface area contributed by atoms with Gasteiger partial charge in [0.15, 0.2) is 0 Å². The summed E-state index contributed by atoms with van der Waals surface area (Å²) in [6.45, 7) is 3.22. The molecular formula is C25H33N3O4S. The van der Waals surface area contributed by atoms with Gasteiger partial charge in [0, 0.05) is 13.0 Å². The summed E-state index contributed by atoms with van der Waals surface area (Å²) in [7, 11) is -3.55. The van der Waals surface area contributed by atoms with E-state index in [0.717, 1.165) is 44.1 Å². The molecule has 1 heterocycles. The molecule has 0 saturated carbocycles. The van der Waals surface area contributed by atoms with Crippen molar-refractivity contribution in [3.05, 3.63) is 64.7 Å². The molecule has 0 radical (unpaired) electrons. The van der Waals surface area contributed by atoms with E-state index in [1.165, 1.54) is 5.56 Å². The van der Waals surface area contributed by atoms with Gasteiger partial charge in [-0.05, 0) is 42.0 Å². The number of unbranched alkanes of at least 4 members (excludes halogenated alkanes) is 4. The molecule has 8 heteroatoms. The molecule has 0 atom stereocenters. The van der Waals surface area contributed by atoms with Crippen molar-refractivity contribution in [1.29, 1.82) is 0 Å². The molecule has 7 nitrogen and oxygen atoms in total. The number of nitrogens with two attached hydrogens (primary N) is 1. The Labute approximate surface area is 196 Å². The average molecular weight is 472 g/mol. The van der Waals surface area contributed by atoms with Gasteiger partial charge in [-0.3, -0.25) is 4.79 Å². The molecule has 0 aromatic heterocycles. The van der Waals surface area contributed by atoms with Gasteiger partial charge in [-0.2, -0.15) is 0 Å². The Morgan fingerprint density at radius 3 is 2.48 bits per heavy atom. The molecule has 2 aromatic rings. The second-order valence-corrected chi connectivity index (χ2v) is 9.94. The summed E-state index contributed by atoms with van der Waals surface area (Å²) in [5.74, 6) is 0.500. The largest absolute Gasteiger partial charge is 0.493 e. The van der Waals surface area contributed by atoms with E-state index in [-0.39, 0.29) is 17.5 Å². The number of amides is 1. The predicted octanol–water partition coefficient (Wildman–Crippen LogP) is 3.83. The number of carbonyl (C=O) groups is 1. The van der Waals surface area contributed by atoms with Crippen molar-refractivity contribution in [3.63, 3.8) is 0 Å². The summed E-state index contributed by atoms with van der Waals surface area (Å²) in [6, 6.07) is 13.6. The van der Waals surface area contributed by atoms with Crippen LogP contribution in [0.25, 0.3) is 0 Å². The Hall–Kier alpha value is -2.87. The highest BCUT2D eigenvalue weighted by atomic mass is 32.2. The number of nitrogens with zero attached hydrogens (tertiary/aromatic N) is 1. The first-order chi connectivity index (χ1) is 15.9. The zero-order valence-electron chi connectivity index (χ0n) is 19.2. The van der Waals surface area contributed by atoms with Crippen molar-refractivity contribution in [2.75, 3.05) is 6.61 Å². The predicted molar refractivity (Wildman–Crippen MR) is 131 cm³/mol. The molecule has 0 unspecified atom stereocenters. The molecule has 3 N–H and O–H groups in total. The fourth-order valence-corrected chi connectivity index (χ4v) is 4.90. The zero-order valence-corrected chi connectivity index (χ0v) is 20.0. The summed E-state index contributed by atoms with van der Waals surface area (Å²) in [5, 5.41) is 2.98. The second-order valence-electron chi connectivity index (χ2n) is 8.31. The van der Waals surface area contributed by atoms with Crippen molar-refractivity contribution >= 4 is 21.8 Å². The van der Waals surface area contributed by atoms with E-state index in [1.54, 1.807) is 18.2 Å². The van der Waals surface area contributed by atoms with Crippen molar-refractivity contribution in [3.8, 4) is 5.75 Å². The number of carbonyl (C=O) groups excluding carboxylic acids is 1. The lowest BCUT2D eigenvalue weighted by molar-refractivity contribution is -0.121. The van der Waals surface area contributed by atoms with Crippen LogP contribution in [0.4, 0.5) is 0 Å². The number of ether oxygens (including phenoxy) is 1. The first-order valence-electron chi connectivity index (χ1n) is 11.6. The molecule has 1 aliphatic rings. The van der Waals surface area contributed by atoms with Crippen molar-refractivity contribution in [2.24, 2.45) is 10.1 Å². The van der Waals surface area contributed by atoms with E-state index >= 15 is 0 Å². The zero-order chi connectivity index (χ0) is 23.7. The number of nitrogens with one attached hydrogen (secondary N) is 1. The molecule has 3 rings (SSSR count). The van der Waals surface area contributed by atoms with Crippen LogP contribution in [0.1, 0.15) is 67.7 Å². The summed E-state index contributed by atoms with van der Waals surface area (Å²) >= 11 is 0. The lowest BCUT2D eigenvalue weighted by Crippen LogP contribution is -2.24. The summed E-state index contributed by atoms with van der Waals surface area (Å²) < 4.78 is 33.0. The second kappa shape index (κ2) is 11.8. The number of amidine groups is 1. The number of hydrogen-bond donors (Lipinski definition) is 2. The van der Waals surface area contributed by atoms with Gasteiger partial charge in [0.1, 0.15) is 11.6 Å². The molecule has 33 heavy (non-hydrogen) atoms. The van der Waals surface area contributed by atoms with Crippen LogP contribution in [0.3, 0.4) is 0 Å². The maximum absolute atomic E-state index is 12.0. The van der Waals surface area contributed by atoms with E-state index < -0.39 is 10.0 Å². The fraction of sp³-hybridized carbons (Fsp3) is 0.440. The minimum absolute atomic E-state index is 0.0110. The maximum Gasteiger partial charge on any atom is 0.259 e. The molecule has 1 amide bonds.